The van der Waals surface area contributed by atoms with E-state index in [0.29, 0.717) is 44.8 Å². The van der Waals surface area contributed by atoms with Crippen molar-refractivity contribution in [2.75, 3.05) is 19.6 Å². The number of amides is 2. The normalized spacial score (nSPS) is 24.4. The fourth-order valence-electron chi connectivity index (χ4n) is 5.11. The van der Waals surface area contributed by atoms with Gasteiger partial charge in [-0.2, -0.15) is 26.3 Å². The van der Waals surface area contributed by atoms with Crippen molar-refractivity contribution >= 4 is 12.0 Å². The van der Waals surface area contributed by atoms with Crippen molar-refractivity contribution in [2.45, 2.75) is 69.6 Å². The van der Waals surface area contributed by atoms with E-state index in [-0.39, 0.29) is 30.3 Å². The first-order chi connectivity index (χ1) is 15.9. The molecule has 3 fully saturated rings. The molecule has 1 atom stereocenters. The summed E-state index contributed by atoms with van der Waals surface area (Å²) in [5.74, 6) is 1.86. The van der Waals surface area contributed by atoms with Gasteiger partial charge in [0.1, 0.15) is 5.82 Å². The van der Waals surface area contributed by atoms with Gasteiger partial charge in [-0.25, -0.2) is 4.79 Å². The van der Waals surface area contributed by atoms with Crippen molar-refractivity contribution in [3.63, 3.8) is 0 Å². The van der Waals surface area contributed by atoms with Gasteiger partial charge in [0, 0.05) is 38.0 Å². The summed E-state index contributed by atoms with van der Waals surface area (Å²) in [4.78, 5) is 27.7. The molecule has 1 aromatic heterocycles. The molecule has 1 saturated heterocycles. The van der Waals surface area contributed by atoms with Crippen LogP contribution in [0.25, 0.3) is 0 Å². The van der Waals surface area contributed by atoms with Crippen LogP contribution in [0.3, 0.4) is 0 Å². The minimum Gasteiger partial charge on any atom is -0.426 e. The van der Waals surface area contributed by atoms with Crippen LogP contribution in [0.15, 0.2) is 0 Å². The van der Waals surface area contributed by atoms with Crippen molar-refractivity contribution < 1.29 is 40.7 Å². The van der Waals surface area contributed by atoms with Crippen LogP contribution in [0.5, 0.6) is 0 Å². The number of alkyl halides is 6. The average Bonchev–Trinajstić information content (AvgIpc) is 3.68. The molecular formula is C20H23F6N5O3. The summed E-state index contributed by atoms with van der Waals surface area (Å²) < 4.78 is 81.8. The Morgan fingerprint density at radius 1 is 0.941 bits per heavy atom. The molecule has 2 aliphatic heterocycles. The standard InChI is InChI=1S/C20H23F6N5O3/c21-19(22,23)16(20(24,25)26)34-17(33)29-5-3-18(4-6-29)9-12(18)15(32)30-7-8-31-13(10-30)27-28-14(31)11-1-2-11/h11-12,16H,1-10H2. The molecule has 1 spiro atoms. The van der Waals surface area contributed by atoms with E-state index in [0.717, 1.165) is 29.4 Å². The van der Waals surface area contributed by atoms with Crippen molar-refractivity contribution in [1.82, 2.24) is 24.6 Å². The molecule has 4 aliphatic rings. The van der Waals surface area contributed by atoms with Gasteiger partial charge in [-0.3, -0.25) is 4.79 Å². The highest BCUT2D eigenvalue weighted by molar-refractivity contribution is 5.83. The number of ether oxygens (including phenoxy) is 1. The van der Waals surface area contributed by atoms with E-state index in [9.17, 15) is 35.9 Å². The van der Waals surface area contributed by atoms with Crippen molar-refractivity contribution in [3.8, 4) is 0 Å². The van der Waals surface area contributed by atoms with E-state index in [1.54, 1.807) is 4.90 Å². The number of piperidine rings is 1. The van der Waals surface area contributed by atoms with Crippen LogP contribution in [0.1, 0.15) is 49.7 Å². The molecule has 188 valence electrons. The number of nitrogens with zero attached hydrogens (tertiary/aromatic N) is 5. The molecule has 34 heavy (non-hydrogen) atoms. The molecule has 0 radical (unpaired) electrons. The third-order valence-corrected chi connectivity index (χ3v) is 7.35. The van der Waals surface area contributed by atoms with Gasteiger partial charge < -0.3 is 19.1 Å². The summed E-state index contributed by atoms with van der Waals surface area (Å²) in [6, 6.07) is 0. The van der Waals surface area contributed by atoms with Gasteiger partial charge in [0.25, 0.3) is 6.10 Å². The number of hydrogen-bond acceptors (Lipinski definition) is 5. The van der Waals surface area contributed by atoms with Gasteiger partial charge in [-0.05, 0) is 37.5 Å². The topological polar surface area (TPSA) is 80.6 Å². The first-order valence-corrected chi connectivity index (χ1v) is 11.2. The molecule has 0 aromatic carbocycles. The van der Waals surface area contributed by atoms with Gasteiger partial charge >= 0.3 is 18.4 Å². The Bertz CT molecular complexity index is 966. The zero-order valence-corrected chi connectivity index (χ0v) is 18.0. The smallest absolute Gasteiger partial charge is 0.426 e. The number of carbonyl (C=O) groups is 2. The lowest BCUT2D eigenvalue weighted by molar-refractivity contribution is -0.308. The molecular weight excluding hydrogens is 472 g/mol. The number of carbonyl (C=O) groups excluding carboxylic acids is 2. The van der Waals surface area contributed by atoms with E-state index in [2.05, 4.69) is 19.5 Å². The average molecular weight is 495 g/mol. The van der Waals surface area contributed by atoms with Crippen LogP contribution in [0, 0.1) is 11.3 Å². The summed E-state index contributed by atoms with van der Waals surface area (Å²) in [5.41, 5.74) is -0.383. The Kier molecular flexibility index (Phi) is 5.28. The highest BCUT2D eigenvalue weighted by Gasteiger charge is 2.62. The quantitative estimate of drug-likeness (QED) is 0.602. The van der Waals surface area contributed by atoms with E-state index in [1.165, 1.54) is 0 Å². The maximum absolute atomic E-state index is 13.1. The lowest BCUT2D eigenvalue weighted by atomic mass is 9.90. The summed E-state index contributed by atoms with van der Waals surface area (Å²) in [6.45, 7) is 1.39. The fraction of sp³-hybridized carbons (Fsp3) is 0.800. The summed E-state index contributed by atoms with van der Waals surface area (Å²) in [7, 11) is 0. The number of likely N-dealkylation sites (tertiary alicyclic amines) is 1. The van der Waals surface area contributed by atoms with Gasteiger partial charge in [0.15, 0.2) is 5.82 Å². The van der Waals surface area contributed by atoms with Crippen LogP contribution < -0.4 is 0 Å². The van der Waals surface area contributed by atoms with Gasteiger partial charge in [0.2, 0.25) is 5.91 Å². The lowest BCUT2D eigenvalue weighted by Gasteiger charge is -2.34. The molecule has 14 heteroatoms. The molecule has 8 nitrogen and oxygen atoms in total. The number of halogens is 6. The monoisotopic (exact) mass is 495 g/mol. The molecule has 1 unspecified atom stereocenters. The van der Waals surface area contributed by atoms with Crippen molar-refractivity contribution in [1.29, 1.82) is 0 Å². The number of rotatable bonds is 3. The summed E-state index contributed by atoms with van der Waals surface area (Å²) in [6.07, 6.45) is -13.9. The maximum Gasteiger partial charge on any atom is 0.434 e. The van der Waals surface area contributed by atoms with Gasteiger partial charge in [-0.1, -0.05) is 0 Å². The Hall–Kier alpha value is -2.54. The minimum absolute atomic E-state index is 0.0348. The molecule has 1 aromatic rings. The van der Waals surface area contributed by atoms with Crippen LogP contribution >= 0.6 is 0 Å². The SMILES string of the molecule is O=C(OC(C(F)(F)F)C(F)(F)F)N1CCC2(CC1)CC2C(=O)N1CCn2c(nnc2C2CC2)C1. The third kappa shape index (κ3) is 4.19. The van der Waals surface area contributed by atoms with E-state index >= 15 is 0 Å². The predicted octanol–water partition coefficient (Wildman–Crippen LogP) is 3.23. The molecule has 0 N–H and O–H groups in total. The second-order valence-electron chi connectivity index (χ2n) is 9.61. The van der Waals surface area contributed by atoms with Crippen molar-refractivity contribution in [2.24, 2.45) is 11.3 Å². The number of fused-ring (bicyclic) bond motifs is 1. The highest BCUT2D eigenvalue weighted by atomic mass is 19.4. The predicted molar refractivity (Wildman–Crippen MR) is 101 cm³/mol. The Balaban J connectivity index is 1.15. The molecule has 2 aliphatic carbocycles. The largest absolute Gasteiger partial charge is 0.434 e. The van der Waals surface area contributed by atoms with Crippen LogP contribution in [-0.4, -0.2) is 74.7 Å². The van der Waals surface area contributed by atoms with Gasteiger partial charge in [-0.15, -0.1) is 10.2 Å². The van der Waals surface area contributed by atoms with Gasteiger partial charge in [0.05, 0.1) is 6.54 Å². The van der Waals surface area contributed by atoms with Crippen LogP contribution in [-0.2, 0) is 22.6 Å². The number of aromatic nitrogens is 3. The van der Waals surface area contributed by atoms with E-state index in [4.69, 9.17) is 0 Å². The van der Waals surface area contributed by atoms with E-state index in [1.807, 2.05) is 0 Å². The summed E-state index contributed by atoms with van der Waals surface area (Å²) in [5, 5.41) is 8.48. The Labute approximate surface area is 190 Å². The Morgan fingerprint density at radius 2 is 1.59 bits per heavy atom. The van der Waals surface area contributed by atoms with Crippen LogP contribution in [0.2, 0.25) is 0 Å². The fourth-order valence-corrected chi connectivity index (χ4v) is 5.11. The molecule has 2 saturated carbocycles. The molecule has 2 amide bonds. The second-order valence-corrected chi connectivity index (χ2v) is 9.61. The van der Waals surface area contributed by atoms with E-state index < -0.39 is 24.5 Å². The molecule has 5 rings (SSSR count). The van der Waals surface area contributed by atoms with Crippen molar-refractivity contribution in [3.05, 3.63) is 11.6 Å². The maximum atomic E-state index is 13.1. The Morgan fingerprint density at radius 3 is 2.18 bits per heavy atom. The summed E-state index contributed by atoms with van der Waals surface area (Å²) >= 11 is 0. The zero-order valence-electron chi connectivity index (χ0n) is 18.0. The zero-order chi connectivity index (χ0) is 24.5. The minimum atomic E-state index is -5.75. The lowest BCUT2D eigenvalue weighted by Crippen LogP contribution is -2.49. The third-order valence-electron chi connectivity index (χ3n) is 7.35. The first-order valence-electron chi connectivity index (χ1n) is 11.2. The first kappa shape index (κ1) is 23.2. The second kappa shape index (κ2) is 7.74. The number of hydrogen-bond donors (Lipinski definition) is 0. The highest BCUT2D eigenvalue weighted by Crippen LogP contribution is 2.60. The molecule has 0 bridgehead atoms. The molecule has 3 heterocycles. The van der Waals surface area contributed by atoms with Crippen LogP contribution in [0.4, 0.5) is 31.1 Å².